The topological polar surface area (TPSA) is 78.3 Å². The molecule has 0 aliphatic heterocycles. The Bertz CT molecular complexity index is 929. The molecule has 7 nitrogen and oxygen atoms in total. The maximum absolute atomic E-state index is 12.5. The first-order valence-electron chi connectivity index (χ1n) is 8.26. The molecule has 0 unspecified atom stereocenters. The number of halogens is 1. The van der Waals surface area contributed by atoms with E-state index in [4.69, 9.17) is 9.47 Å². The van der Waals surface area contributed by atoms with E-state index >= 15 is 0 Å². The Kier molecular flexibility index (Phi) is 6.08. The van der Waals surface area contributed by atoms with Crippen LogP contribution in [-0.4, -0.2) is 34.9 Å². The molecule has 0 saturated carbocycles. The van der Waals surface area contributed by atoms with Crippen molar-refractivity contribution in [2.24, 2.45) is 0 Å². The number of aromatic nitrogens is 3. The van der Waals surface area contributed by atoms with Crippen LogP contribution in [0.5, 0.6) is 11.5 Å². The van der Waals surface area contributed by atoms with Gasteiger partial charge in [0.15, 0.2) is 11.5 Å². The maximum atomic E-state index is 12.5. The zero-order valence-corrected chi connectivity index (χ0v) is 16.6. The molecule has 0 bridgehead atoms. The second-order valence-electron chi connectivity index (χ2n) is 5.70. The number of anilines is 1. The standard InChI is InChI=1S/C19H19BrN4O3/c1-26-17-5-3-4-13(19(17)27-2)6-9-18(25)23-15-10-14(20)7-8-16(15)24-12-21-11-22-24/h3-5,7-8,10-12H,6,9H2,1-2H3,(H,23,25). The monoisotopic (exact) mass is 430 g/mol. The van der Waals surface area contributed by atoms with Crippen molar-refractivity contribution in [3.63, 3.8) is 0 Å². The molecular weight excluding hydrogens is 412 g/mol. The van der Waals surface area contributed by atoms with Gasteiger partial charge in [-0.1, -0.05) is 28.1 Å². The van der Waals surface area contributed by atoms with Crippen LogP contribution in [0, 0.1) is 0 Å². The first-order valence-corrected chi connectivity index (χ1v) is 9.06. The Morgan fingerprint density at radius 2 is 2.07 bits per heavy atom. The highest BCUT2D eigenvalue weighted by Gasteiger charge is 2.13. The van der Waals surface area contributed by atoms with Gasteiger partial charge < -0.3 is 14.8 Å². The first kappa shape index (κ1) is 18.9. The van der Waals surface area contributed by atoms with Crippen molar-refractivity contribution in [3.05, 3.63) is 59.1 Å². The molecule has 1 N–H and O–H groups in total. The molecule has 140 valence electrons. The molecule has 0 fully saturated rings. The summed E-state index contributed by atoms with van der Waals surface area (Å²) in [7, 11) is 3.18. The molecule has 3 aromatic rings. The molecule has 8 heteroatoms. The number of aryl methyl sites for hydroxylation is 1. The van der Waals surface area contributed by atoms with Crippen molar-refractivity contribution in [2.45, 2.75) is 12.8 Å². The number of carbonyl (C=O) groups is 1. The predicted molar refractivity (Wildman–Crippen MR) is 106 cm³/mol. The lowest BCUT2D eigenvalue weighted by Crippen LogP contribution is -2.14. The number of hydrogen-bond donors (Lipinski definition) is 1. The third-order valence-electron chi connectivity index (χ3n) is 4.00. The van der Waals surface area contributed by atoms with Crippen molar-refractivity contribution < 1.29 is 14.3 Å². The summed E-state index contributed by atoms with van der Waals surface area (Å²) >= 11 is 3.43. The highest BCUT2D eigenvalue weighted by molar-refractivity contribution is 9.10. The normalized spacial score (nSPS) is 10.5. The van der Waals surface area contributed by atoms with Crippen molar-refractivity contribution >= 4 is 27.5 Å². The van der Waals surface area contributed by atoms with Crippen LogP contribution < -0.4 is 14.8 Å². The summed E-state index contributed by atoms with van der Waals surface area (Å²) in [4.78, 5) is 16.5. The van der Waals surface area contributed by atoms with E-state index in [1.54, 1.807) is 25.2 Å². The second kappa shape index (κ2) is 8.68. The van der Waals surface area contributed by atoms with Crippen molar-refractivity contribution in [3.8, 4) is 17.2 Å². The minimum absolute atomic E-state index is 0.112. The third kappa shape index (κ3) is 4.46. The lowest BCUT2D eigenvalue weighted by Gasteiger charge is -2.13. The van der Waals surface area contributed by atoms with Gasteiger partial charge >= 0.3 is 0 Å². The zero-order valence-electron chi connectivity index (χ0n) is 15.0. The van der Waals surface area contributed by atoms with Gasteiger partial charge in [0.25, 0.3) is 0 Å². The fraction of sp³-hybridized carbons (Fsp3) is 0.211. The number of methoxy groups -OCH3 is 2. The van der Waals surface area contributed by atoms with E-state index in [9.17, 15) is 4.79 Å². The van der Waals surface area contributed by atoms with E-state index in [0.29, 0.717) is 30.0 Å². The van der Waals surface area contributed by atoms with Gasteiger partial charge in [-0.3, -0.25) is 4.79 Å². The summed E-state index contributed by atoms with van der Waals surface area (Å²) in [5.74, 6) is 1.19. The van der Waals surface area contributed by atoms with Gasteiger partial charge in [0.2, 0.25) is 5.91 Å². The smallest absolute Gasteiger partial charge is 0.224 e. The minimum atomic E-state index is -0.112. The molecule has 1 heterocycles. The Morgan fingerprint density at radius 3 is 2.78 bits per heavy atom. The molecule has 0 radical (unpaired) electrons. The number of rotatable bonds is 7. The molecule has 0 atom stereocenters. The van der Waals surface area contributed by atoms with Crippen LogP contribution in [0.15, 0.2) is 53.5 Å². The molecule has 0 aliphatic carbocycles. The number of amides is 1. The Balaban J connectivity index is 1.73. The molecule has 2 aromatic carbocycles. The van der Waals surface area contributed by atoms with Crippen LogP contribution in [0.25, 0.3) is 5.69 Å². The quantitative estimate of drug-likeness (QED) is 0.619. The summed E-state index contributed by atoms with van der Waals surface area (Å²) in [6.45, 7) is 0. The average Bonchev–Trinajstić information content (AvgIpc) is 3.20. The van der Waals surface area contributed by atoms with Crippen LogP contribution in [0.4, 0.5) is 5.69 Å². The number of ether oxygens (including phenoxy) is 2. The summed E-state index contributed by atoms with van der Waals surface area (Å²) in [5.41, 5.74) is 2.30. The lowest BCUT2D eigenvalue weighted by molar-refractivity contribution is -0.116. The highest BCUT2D eigenvalue weighted by Crippen LogP contribution is 2.31. The predicted octanol–water partition coefficient (Wildman–Crippen LogP) is 3.62. The number of hydrogen-bond acceptors (Lipinski definition) is 5. The van der Waals surface area contributed by atoms with Crippen LogP contribution in [-0.2, 0) is 11.2 Å². The van der Waals surface area contributed by atoms with E-state index in [-0.39, 0.29) is 5.91 Å². The average molecular weight is 431 g/mol. The van der Waals surface area contributed by atoms with Gasteiger partial charge in [0, 0.05) is 10.9 Å². The summed E-state index contributed by atoms with van der Waals surface area (Å²) in [5, 5.41) is 7.07. The van der Waals surface area contributed by atoms with Gasteiger partial charge in [-0.05, 0) is 36.2 Å². The molecule has 0 spiro atoms. The number of nitrogens with one attached hydrogen (secondary N) is 1. The molecule has 0 saturated heterocycles. The van der Waals surface area contributed by atoms with Crippen molar-refractivity contribution in [1.82, 2.24) is 14.8 Å². The molecule has 1 amide bonds. The molecular formula is C19H19BrN4O3. The number of carbonyl (C=O) groups excluding carboxylic acids is 1. The summed E-state index contributed by atoms with van der Waals surface area (Å²) in [6, 6.07) is 11.2. The zero-order chi connectivity index (χ0) is 19.2. The Labute approximate surface area is 165 Å². The first-order chi connectivity index (χ1) is 13.1. The van der Waals surface area contributed by atoms with Crippen molar-refractivity contribution in [2.75, 3.05) is 19.5 Å². The fourth-order valence-corrected chi connectivity index (χ4v) is 3.11. The van der Waals surface area contributed by atoms with Gasteiger partial charge in [-0.2, -0.15) is 5.10 Å². The highest BCUT2D eigenvalue weighted by atomic mass is 79.9. The maximum Gasteiger partial charge on any atom is 0.224 e. The van der Waals surface area contributed by atoms with Gasteiger partial charge in [0.1, 0.15) is 12.7 Å². The Morgan fingerprint density at radius 1 is 1.22 bits per heavy atom. The van der Waals surface area contributed by atoms with Gasteiger partial charge in [0.05, 0.1) is 25.6 Å². The van der Waals surface area contributed by atoms with E-state index < -0.39 is 0 Å². The number of benzene rings is 2. The van der Waals surface area contributed by atoms with E-state index in [1.807, 2.05) is 36.4 Å². The van der Waals surface area contributed by atoms with E-state index in [0.717, 1.165) is 15.7 Å². The SMILES string of the molecule is COc1cccc(CCC(=O)Nc2cc(Br)ccc2-n2cncn2)c1OC. The van der Waals surface area contributed by atoms with Crippen LogP contribution >= 0.6 is 15.9 Å². The summed E-state index contributed by atoms with van der Waals surface area (Å²) in [6.07, 6.45) is 3.86. The molecule has 3 rings (SSSR count). The largest absolute Gasteiger partial charge is 0.493 e. The van der Waals surface area contributed by atoms with Crippen molar-refractivity contribution in [1.29, 1.82) is 0 Å². The summed E-state index contributed by atoms with van der Waals surface area (Å²) < 4.78 is 13.2. The molecule has 27 heavy (non-hydrogen) atoms. The van der Waals surface area contributed by atoms with Gasteiger partial charge in [-0.25, -0.2) is 9.67 Å². The van der Waals surface area contributed by atoms with Crippen LogP contribution in [0.1, 0.15) is 12.0 Å². The number of nitrogens with zero attached hydrogens (tertiary/aromatic N) is 3. The molecule has 1 aromatic heterocycles. The van der Waals surface area contributed by atoms with Crippen LogP contribution in [0.3, 0.4) is 0 Å². The van der Waals surface area contributed by atoms with Crippen LogP contribution in [0.2, 0.25) is 0 Å². The fourth-order valence-electron chi connectivity index (χ4n) is 2.75. The molecule has 0 aliphatic rings. The van der Waals surface area contributed by atoms with Gasteiger partial charge in [-0.15, -0.1) is 0 Å². The second-order valence-corrected chi connectivity index (χ2v) is 6.62. The van der Waals surface area contributed by atoms with E-state index in [1.165, 1.54) is 6.33 Å². The third-order valence-corrected chi connectivity index (χ3v) is 4.50. The minimum Gasteiger partial charge on any atom is -0.493 e. The lowest BCUT2D eigenvalue weighted by atomic mass is 10.1. The number of para-hydroxylation sites is 1. The van der Waals surface area contributed by atoms with E-state index in [2.05, 4.69) is 31.3 Å². The Hall–Kier alpha value is -2.87.